The lowest BCUT2D eigenvalue weighted by Crippen LogP contribution is -2.53. The van der Waals surface area contributed by atoms with Gasteiger partial charge < -0.3 is 24.6 Å². The number of rotatable bonds is 10. The predicted octanol–water partition coefficient (Wildman–Crippen LogP) is 2.24. The van der Waals surface area contributed by atoms with E-state index in [-0.39, 0.29) is 12.1 Å². The monoisotopic (exact) mass is 384 g/mol. The number of carbonyl (C=O) groups is 2. The average Bonchev–Trinajstić information content (AvgIpc) is 2.67. The van der Waals surface area contributed by atoms with Gasteiger partial charge in [-0.3, -0.25) is 9.79 Å². The molecule has 1 rings (SSSR count). The summed E-state index contributed by atoms with van der Waals surface area (Å²) in [6.45, 7) is 11.0. The summed E-state index contributed by atoms with van der Waals surface area (Å²) in [6, 6.07) is 0. The Labute approximate surface area is 163 Å². The van der Waals surface area contributed by atoms with Crippen LogP contribution in [0.5, 0.6) is 0 Å². The van der Waals surface area contributed by atoms with Crippen LogP contribution in [0.25, 0.3) is 0 Å². The first-order chi connectivity index (χ1) is 13.1. The Morgan fingerprint density at radius 3 is 2.15 bits per heavy atom. The molecule has 8 heteroatoms. The number of carbonyl (C=O) groups excluding carboxylic acids is 2. The third kappa shape index (κ3) is 9.49. The molecule has 1 aliphatic rings. The van der Waals surface area contributed by atoms with Gasteiger partial charge in [-0.1, -0.05) is 12.8 Å². The first kappa shape index (κ1) is 23.0. The molecule has 0 unspecified atom stereocenters. The van der Waals surface area contributed by atoms with Crippen LogP contribution < -0.4 is 5.32 Å². The van der Waals surface area contributed by atoms with Gasteiger partial charge >= 0.3 is 12.1 Å². The molecule has 0 spiro atoms. The maximum Gasteiger partial charge on any atom is 0.409 e. The van der Waals surface area contributed by atoms with E-state index in [0.717, 1.165) is 57.8 Å². The Morgan fingerprint density at radius 1 is 0.889 bits per heavy atom. The van der Waals surface area contributed by atoms with Crippen LogP contribution >= 0.6 is 0 Å². The number of aliphatic imine (C=N–C) groups is 1. The second-order valence-corrected chi connectivity index (χ2v) is 6.38. The summed E-state index contributed by atoms with van der Waals surface area (Å²) in [7, 11) is 0. The number of hydrogen-bond acceptors (Lipinski definition) is 5. The van der Waals surface area contributed by atoms with Gasteiger partial charge in [0.1, 0.15) is 0 Å². The van der Waals surface area contributed by atoms with E-state index in [1.807, 2.05) is 13.8 Å². The van der Waals surface area contributed by atoms with Crippen molar-refractivity contribution in [1.29, 1.82) is 0 Å². The highest BCUT2D eigenvalue weighted by atomic mass is 16.6. The minimum absolute atomic E-state index is 0.105. The molecule has 0 aromatic rings. The quantitative estimate of drug-likeness (QED) is 0.269. The van der Waals surface area contributed by atoms with Gasteiger partial charge in [0.15, 0.2) is 5.96 Å². The number of piperazine rings is 1. The summed E-state index contributed by atoms with van der Waals surface area (Å²) in [6.07, 6.45) is 4.22. The molecule has 0 aromatic heterocycles. The number of unbranched alkanes of at least 4 members (excludes halogenated alkanes) is 3. The summed E-state index contributed by atoms with van der Waals surface area (Å²) in [5.74, 6) is 0.805. The maximum atomic E-state index is 11.8. The molecule has 0 aromatic carbocycles. The SMILES string of the molecule is CCNC(=NCCCCCCC(=O)OCC)N1CCN(C(=O)OCC)CC1. The Hall–Kier alpha value is -1.99. The number of ether oxygens (including phenoxy) is 2. The third-order valence-electron chi connectivity index (χ3n) is 4.30. The van der Waals surface area contributed by atoms with Crippen LogP contribution in [-0.2, 0) is 14.3 Å². The summed E-state index contributed by atoms with van der Waals surface area (Å²) < 4.78 is 9.98. The molecule has 1 heterocycles. The topological polar surface area (TPSA) is 83.5 Å². The fourth-order valence-corrected chi connectivity index (χ4v) is 2.89. The highest BCUT2D eigenvalue weighted by molar-refractivity contribution is 5.80. The van der Waals surface area contributed by atoms with Crippen molar-refractivity contribution in [3.05, 3.63) is 0 Å². The molecule has 0 bridgehead atoms. The molecule has 27 heavy (non-hydrogen) atoms. The van der Waals surface area contributed by atoms with Gasteiger partial charge in [0.05, 0.1) is 13.2 Å². The van der Waals surface area contributed by atoms with Crippen molar-refractivity contribution in [2.75, 3.05) is 52.5 Å². The van der Waals surface area contributed by atoms with Crippen LogP contribution in [0.15, 0.2) is 4.99 Å². The molecular formula is C19H36N4O4. The average molecular weight is 385 g/mol. The molecule has 1 saturated heterocycles. The van der Waals surface area contributed by atoms with Crippen LogP contribution in [0.3, 0.4) is 0 Å². The molecule has 1 aliphatic heterocycles. The van der Waals surface area contributed by atoms with Crippen LogP contribution in [-0.4, -0.2) is 80.3 Å². The largest absolute Gasteiger partial charge is 0.466 e. The Morgan fingerprint density at radius 2 is 1.52 bits per heavy atom. The fourth-order valence-electron chi connectivity index (χ4n) is 2.89. The van der Waals surface area contributed by atoms with Crippen molar-refractivity contribution in [3.8, 4) is 0 Å². The lowest BCUT2D eigenvalue weighted by atomic mass is 10.1. The van der Waals surface area contributed by atoms with Crippen LogP contribution in [0.2, 0.25) is 0 Å². The summed E-state index contributed by atoms with van der Waals surface area (Å²) in [5, 5.41) is 3.33. The van der Waals surface area contributed by atoms with E-state index >= 15 is 0 Å². The first-order valence-corrected chi connectivity index (χ1v) is 10.2. The van der Waals surface area contributed by atoms with Crippen molar-refractivity contribution in [2.45, 2.75) is 52.9 Å². The van der Waals surface area contributed by atoms with E-state index in [4.69, 9.17) is 14.5 Å². The zero-order valence-corrected chi connectivity index (χ0v) is 17.2. The van der Waals surface area contributed by atoms with Crippen molar-refractivity contribution in [1.82, 2.24) is 15.1 Å². The van der Waals surface area contributed by atoms with Gasteiger partial charge in [-0.15, -0.1) is 0 Å². The highest BCUT2D eigenvalue weighted by Crippen LogP contribution is 2.07. The molecule has 0 atom stereocenters. The van der Waals surface area contributed by atoms with E-state index in [0.29, 0.717) is 32.7 Å². The third-order valence-corrected chi connectivity index (χ3v) is 4.30. The number of nitrogens with zero attached hydrogens (tertiary/aromatic N) is 3. The molecule has 1 N–H and O–H groups in total. The smallest absolute Gasteiger partial charge is 0.409 e. The standard InChI is InChI=1S/C19H36N4O4/c1-4-20-18(21-12-10-8-7-9-11-17(24)26-5-2)22-13-15-23(16-14-22)19(25)27-6-3/h4-16H2,1-3H3,(H,20,21). The molecule has 0 aliphatic carbocycles. The zero-order chi connectivity index (χ0) is 19.9. The zero-order valence-electron chi connectivity index (χ0n) is 17.2. The van der Waals surface area contributed by atoms with E-state index in [1.165, 1.54) is 0 Å². The lowest BCUT2D eigenvalue weighted by molar-refractivity contribution is -0.143. The van der Waals surface area contributed by atoms with Gasteiger partial charge in [0.25, 0.3) is 0 Å². The van der Waals surface area contributed by atoms with Crippen LogP contribution in [0.4, 0.5) is 4.79 Å². The highest BCUT2D eigenvalue weighted by Gasteiger charge is 2.23. The summed E-state index contributed by atoms with van der Waals surface area (Å²) in [5.41, 5.74) is 0. The van der Waals surface area contributed by atoms with Crippen molar-refractivity contribution in [3.63, 3.8) is 0 Å². The minimum atomic E-state index is -0.234. The minimum Gasteiger partial charge on any atom is -0.466 e. The molecule has 0 radical (unpaired) electrons. The Balaban J connectivity index is 2.28. The van der Waals surface area contributed by atoms with Gasteiger partial charge in [0.2, 0.25) is 0 Å². The number of nitrogens with one attached hydrogen (secondary N) is 1. The maximum absolute atomic E-state index is 11.8. The molecule has 1 fully saturated rings. The van der Waals surface area contributed by atoms with E-state index in [1.54, 1.807) is 4.90 Å². The number of guanidine groups is 1. The van der Waals surface area contributed by atoms with Crippen molar-refractivity contribution >= 4 is 18.0 Å². The second kappa shape index (κ2) is 14.1. The number of esters is 1. The summed E-state index contributed by atoms with van der Waals surface area (Å²) >= 11 is 0. The molecule has 8 nitrogen and oxygen atoms in total. The van der Waals surface area contributed by atoms with E-state index in [9.17, 15) is 9.59 Å². The van der Waals surface area contributed by atoms with E-state index < -0.39 is 0 Å². The lowest BCUT2D eigenvalue weighted by Gasteiger charge is -2.35. The Kier molecular flexibility index (Phi) is 12.1. The van der Waals surface area contributed by atoms with Crippen molar-refractivity contribution < 1.29 is 19.1 Å². The van der Waals surface area contributed by atoms with Gasteiger partial charge in [-0.2, -0.15) is 0 Å². The van der Waals surface area contributed by atoms with Gasteiger partial charge in [-0.05, 0) is 33.6 Å². The predicted molar refractivity (Wildman–Crippen MR) is 106 cm³/mol. The van der Waals surface area contributed by atoms with Gasteiger partial charge in [-0.25, -0.2) is 4.79 Å². The number of hydrogen-bond donors (Lipinski definition) is 1. The summed E-state index contributed by atoms with van der Waals surface area (Å²) in [4.78, 5) is 31.7. The number of amides is 1. The molecule has 1 amide bonds. The van der Waals surface area contributed by atoms with E-state index in [2.05, 4.69) is 17.1 Å². The van der Waals surface area contributed by atoms with Crippen LogP contribution in [0.1, 0.15) is 52.9 Å². The van der Waals surface area contributed by atoms with Gasteiger partial charge in [0, 0.05) is 45.7 Å². The molecule has 0 saturated carbocycles. The van der Waals surface area contributed by atoms with Crippen LogP contribution in [0, 0.1) is 0 Å². The Bertz CT molecular complexity index is 463. The van der Waals surface area contributed by atoms with Crippen molar-refractivity contribution in [2.24, 2.45) is 4.99 Å². The second-order valence-electron chi connectivity index (χ2n) is 6.38. The first-order valence-electron chi connectivity index (χ1n) is 10.2. The molecular weight excluding hydrogens is 348 g/mol. The normalized spacial score (nSPS) is 14.9. The molecule has 156 valence electrons. The fraction of sp³-hybridized carbons (Fsp3) is 0.842.